The fraction of sp³-hybridized carbons (Fsp3) is 0.222. The van der Waals surface area contributed by atoms with E-state index in [1.54, 1.807) is 38.1 Å². The minimum atomic E-state index is -3.02. The summed E-state index contributed by atoms with van der Waals surface area (Å²) in [6.45, 7) is 0.492. The summed E-state index contributed by atoms with van der Waals surface area (Å²) in [4.78, 5) is 23.8. The zero-order valence-corrected chi connectivity index (χ0v) is 13.8. The Balaban J connectivity index is 2.17. The van der Waals surface area contributed by atoms with Crippen LogP contribution in [-0.4, -0.2) is 18.4 Å². The van der Waals surface area contributed by atoms with Crippen molar-refractivity contribution < 1.29 is 23.1 Å². The molecule has 2 rings (SSSR count). The van der Waals surface area contributed by atoms with Crippen molar-refractivity contribution >= 4 is 23.2 Å². The third kappa shape index (κ3) is 5.00. The molecule has 0 aliphatic carbocycles. The second-order valence-electron chi connectivity index (χ2n) is 5.26. The lowest BCUT2D eigenvalue weighted by Crippen LogP contribution is -2.16. The number of para-hydroxylation sites is 1. The van der Waals surface area contributed by atoms with Crippen LogP contribution in [0.1, 0.15) is 29.3 Å². The van der Waals surface area contributed by atoms with Crippen molar-refractivity contribution in [3.05, 3.63) is 53.6 Å². The molecule has 7 heteroatoms. The molecule has 2 aromatic carbocycles. The van der Waals surface area contributed by atoms with Crippen LogP contribution in [0.3, 0.4) is 0 Å². The molecule has 0 spiro atoms. The van der Waals surface area contributed by atoms with Gasteiger partial charge in [0.2, 0.25) is 5.91 Å². The first-order chi connectivity index (χ1) is 11.9. The van der Waals surface area contributed by atoms with E-state index >= 15 is 0 Å². The van der Waals surface area contributed by atoms with Crippen LogP contribution in [0, 0.1) is 6.92 Å². The van der Waals surface area contributed by atoms with Crippen molar-refractivity contribution in [2.75, 3.05) is 10.6 Å². The maximum absolute atomic E-state index is 12.4. The zero-order chi connectivity index (χ0) is 18.4. The van der Waals surface area contributed by atoms with E-state index in [4.69, 9.17) is 0 Å². The molecule has 0 fully saturated rings. The smallest absolute Gasteiger partial charge is 0.387 e. The fourth-order valence-electron chi connectivity index (χ4n) is 2.17. The van der Waals surface area contributed by atoms with E-state index < -0.39 is 12.5 Å². The number of benzene rings is 2. The highest BCUT2D eigenvalue weighted by Crippen LogP contribution is 2.24. The number of amides is 2. The van der Waals surface area contributed by atoms with E-state index in [1.807, 2.05) is 0 Å². The first-order valence-corrected chi connectivity index (χ1v) is 7.66. The number of carbonyl (C=O) groups is 2. The van der Waals surface area contributed by atoms with Gasteiger partial charge >= 0.3 is 6.61 Å². The van der Waals surface area contributed by atoms with E-state index in [2.05, 4.69) is 15.4 Å². The third-order valence-electron chi connectivity index (χ3n) is 3.43. The Morgan fingerprint density at radius 1 is 1.12 bits per heavy atom. The molecule has 0 aromatic heterocycles. The maximum Gasteiger partial charge on any atom is 0.387 e. The van der Waals surface area contributed by atoms with Gasteiger partial charge in [0.1, 0.15) is 5.75 Å². The molecule has 0 saturated heterocycles. The number of nitrogens with one attached hydrogen (secondary N) is 2. The Labute approximate surface area is 144 Å². The van der Waals surface area contributed by atoms with Crippen LogP contribution < -0.4 is 15.4 Å². The standard InChI is InChI=1S/C18H18F2N2O3/c1-3-16(23)21-12-8-9-14(11(2)10-12)22-17(24)13-6-4-5-7-15(13)25-18(19)20/h4-10,18H,3H2,1-2H3,(H,21,23)(H,22,24). The third-order valence-corrected chi connectivity index (χ3v) is 3.43. The lowest BCUT2D eigenvalue weighted by atomic mass is 10.1. The molecule has 0 bridgehead atoms. The van der Waals surface area contributed by atoms with Crippen molar-refractivity contribution in [1.29, 1.82) is 0 Å². The molecule has 2 N–H and O–H groups in total. The zero-order valence-electron chi connectivity index (χ0n) is 13.8. The Bertz CT molecular complexity index is 779. The lowest BCUT2D eigenvalue weighted by molar-refractivity contribution is -0.115. The first-order valence-electron chi connectivity index (χ1n) is 7.66. The molecule has 2 amide bonds. The molecule has 2 aromatic rings. The summed E-state index contributed by atoms with van der Waals surface area (Å²) in [5.41, 5.74) is 1.84. The average Bonchev–Trinajstić information content (AvgIpc) is 2.57. The second-order valence-corrected chi connectivity index (χ2v) is 5.26. The summed E-state index contributed by atoms with van der Waals surface area (Å²) in [5.74, 6) is -0.876. The van der Waals surface area contributed by atoms with Gasteiger partial charge in [0, 0.05) is 17.8 Å². The van der Waals surface area contributed by atoms with Gasteiger partial charge in [-0.15, -0.1) is 0 Å². The van der Waals surface area contributed by atoms with Gasteiger partial charge in [-0.3, -0.25) is 9.59 Å². The van der Waals surface area contributed by atoms with Gasteiger partial charge in [-0.1, -0.05) is 19.1 Å². The molecule has 5 nitrogen and oxygen atoms in total. The number of ether oxygens (including phenoxy) is 1. The van der Waals surface area contributed by atoms with E-state index in [0.29, 0.717) is 17.8 Å². The minimum Gasteiger partial charge on any atom is -0.434 e. The van der Waals surface area contributed by atoms with E-state index in [1.165, 1.54) is 18.2 Å². The monoisotopic (exact) mass is 348 g/mol. The number of halogens is 2. The molecule has 0 heterocycles. The molecule has 0 atom stereocenters. The highest BCUT2D eigenvalue weighted by Gasteiger charge is 2.16. The SMILES string of the molecule is CCC(=O)Nc1ccc(NC(=O)c2ccccc2OC(F)F)c(C)c1. The lowest BCUT2D eigenvalue weighted by Gasteiger charge is -2.13. The number of alkyl halides is 2. The van der Waals surface area contributed by atoms with Gasteiger partial charge < -0.3 is 15.4 Å². The maximum atomic E-state index is 12.4. The van der Waals surface area contributed by atoms with Gasteiger partial charge in [-0.05, 0) is 42.8 Å². The highest BCUT2D eigenvalue weighted by molar-refractivity contribution is 6.06. The fourth-order valence-corrected chi connectivity index (χ4v) is 2.17. The van der Waals surface area contributed by atoms with Crippen LogP contribution in [-0.2, 0) is 4.79 Å². The molecule has 132 valence electrons. The average molecular weight is 348 g/mol. The summed E-state index contributed by atoms with van der Waals surface area (Å²) in [6, 6.07) is 10.8. The Morgan fingerprint density at radius 3 is 2.48 bits per heavy atom. The van der Waals surface area contributed by atoms with E-state index in [-0.39, 0.29) is 17.2 Å². The van der Waals surface area contributed by atoms with Gasteiger partial charge in [-0.25, -0.2) is 0 Å². The van der Waals surface area contributed by atoms with Gasteiger partial charge in [0.15, 0.2) is 0 Å². The van der Waals surface area contributed by atoms with Crippen molar-refractivity contribution in [2.24, 2.45) is 0 Å². The topological polar surface area (TPSA) is 67.4 Å². The Kier molecular flexibility index (Phi) is 6.05. The molecule has 0 aliphatic heterocycles. The van der Waals surface area contributed by atoms with E-state index in [9.17, 15) is 18.4 Å². The summed E-state index contributed by atoms with van der Waals surface area (Å²) >= 11 is 0. The van der Waals surface area contributed by atoms with Gasteiger partial charge in [0.25, 0.3) is 5.91 Å². The van der Waals surface area contributed by atoms with E-state index in [0.717, 1.165) is 5.56 Å². The molecule has 25 heavy (non-hydrogen) atoms. The molecule has 0 saturated carbocycles. The molecular weight excluding hydrogens is 330 g/mol. The predicted octanol–water partition coefficient (Wildman–Crippen LogP) is 4.20. The van der Waals surface area contributed by atoms with Crippen LogP contribution in [0.2, 0.25) is 0 Å². The highest BCUT2D eigenvalue weighted by atomic mass is 19.3. The summed E-state index contributed by atoms with van der Waals surface area (Å²) in [5, 5.41) is 5.38. The number of aryl methyl sites for hydroxylation is 1. The number of anilines is 2. The molecule has 0 radical (unpaired) electrons. The number of hydrogen-bond donors (Lipinski definition) is 2. The quantitative estimate of drug-likeness (QED) is 0.822. The summed E-state index contributed by atoms with van der Waals surface area (Å²) in [7, 11) is 0. The van der Waals surface area contributed by atoms with Crippen LogP contribution in [0.5, 0.6) is 5.75 Å². The van der Waals surface area contributed by atoms with Crippen LogP contribution in [0.4, 0.5) is 20.2 Å². The van der Waals surface area contributed by atoms with Crippen LogP contribution in [0.25, 0.3) is 0 Å². The largest absolute Gasteiger partial charge is 0.434 e. The Hall–Kier alpha value is -2.96. The van der Waals surface area contributed by atoms with Gasteiger partial charge in [-0.2, -0.15) is 8.78 Å². The summed E-state index contributed by atoms with van der Waals surface area (Å²) < 4.78 is 29.3. The number of rotatable bonds is 6. The van der Waals surface area contributed by atoms with Crippen molar-refractivity contribution in [3.63, 3.8) is 0 Å². The van der Waals surface area contributed by atoms with Crippen LogP contribution >= 0.6 is 0 Å². The first kappa shape index (κ1) is 18.4. The van der Waals surface area contributed by atoms with Crippen molar-refractivity contribution in [3.8, 4) is 5.75 Å². The molecule has 0 unspecified atom stereocenters. The normalized spacial score (nSPS) is 10.4. The van der Waals surface area contributed by atoms with Gasteiger partial charge in [0.05, 0.1) is 5.56 Å². The minimum absolute atomic E-state index is 0.00515. The second kappa shape index (κ2) is 8.23. The predicted molar refractivity (Wildman–Crippen MR) is 91.1 cm³/mol. The Morgan fingerprint density at radius 2 is 1.84 bits per heavy atom. The number of hydrogen-bond acceptors (Lipinski definition) is 3. The van der Waals surface area contributed by atoms with Crippen LogP contribution in [0.15, 0.2) is 42.5 Å². The van der Waals surface area contributed by atoms with Crippen molar-refractivity contribution in [1.82, 2.24) is 0 Å². The summed E-state index contributed by atoms with van der Waals surface area (Å²) in [6.07, 6.45) is 0.360. The molecule has 0 aliphatic rings. The molecular formula is C18H18F2N2O3. The number of carbonyl (C=O) groups excluding carboxylic acids is 2. The van der Waals surface area contributed by atoms with Crippen molar-refractivity contribution in [2.45, 2.75) is 26.9 Å².